The van der Waals surface area contributed by atoms with Crippen molar-refractivity contribution in [2.75, 3.05) is 17.7 Å². The number of hydrogen-bond donors (Lipinski definition) is 4. The molecular weight excluding hydrogens is 474 g/mol. The second kappa shape index (κ2) is 8.83. The van der Waals surface area contributed by atoms with Gasteiger partial charge in [-0.1, -0.05) is 25.4 Å². The van der Waals surface area contributed by atoms with Crippen molar-refractivity contribution < 1.29 is 22.7 Å². The number of aliphatic imine (C=N–C) groups is 1. The summed E-state index contributed by atoms with van der Waals surface area (Å²) in [6, 6.07) is 5.24. The summed E-state index contributed by atoms with van der Waals surface area (Å²) < 4.78 is 49.3. The van der Waals surface area contributed by atoms with Gasteiger partial charge in [-0.05, 0) is 49.6 Å². The Morgan fingerprint density at radius 2 is 2.00 bits per heavy atom. The van der Waals surface area contributed by atoms with Gasteiger partial charge < -0.3 is 11.1 Å². The van der Waals surface area contributed by atoms with E-state index >= 15 is 0 Å². The maximum absolute atomic E-state index is 14.9. The maximum atomic E-state index is 14.9. The van der Waals surface area contributed by atoms with Crippen molar-refractivity contribution in [3.8, 4) is 0 Å². The van der Waals surface area contributed by atoms with Gasteiger partial charge in [0, 0.05) is 17.4 Å². The van der Waals surface area contributed by atoms with Gasteiger partial charge in [0.05, 0.1) is 10.8 Å². The van der Waals surface area contributed by atoms with Crippen LogP contribution in [-0.2, 0) is 5.54 Å². The Balaban J connectivity index is 2.03. The van der Waals surface area contributed by atoms with Crippen LogP contribution in [0.3, 0.4) is 0 Å². The number of aromatic nitrogens is 1. The lowest BCUT2D eigenvalue weighted by Gasteiger charge is -2.53. The molecule has 2 aromatic rings. The van der Waals surface area contributed by atoms with Gasteiger partial charge in [0.2, 0.25) is 0 Å². The smallest absolute Gasteiger partial charge is 0.274 e. The molecule has 0 saturated carbocycles. The summed E-state index contributed by atoms with van der Waals surface area (Å²) in [7, 11) is -3.47. The zero-order valence-corrected chi connectivity index (χ0v) is 20.3. The fourth-order valence-corrected chi connectivity index (χ4v) is 5.46. The number of benzene rings is 1. The molecule has 11 heteroatoms. The molecule has 180 valence electrons. The van der Waals surface area contributed by atoms with Crippen molar-refractivity contribution in [2.24, 2.45) is 10.7 Å². The number of hydrogen-bond acceptors (Lipinski definition) is 6. The van der Waals surface area contributed by atoms with Crippen molar-refractivity contribution in [1.29, 1.82) is 0 Å². The van der Waals surface area contributed by atoms with Crippen LogP contribution in [0, 0.1) is 5.82 Å². The van der Waals surface area contributed by atoms with Crippen molar-refractivity contribution in [1.82, 2.24) is 4.98 Å². The Morgan fingerprint density at radius 3 is 2.58 bits per heavy atom. The van der Waals surface area contributed by atoms with Crippen molar-refractivity contribution in [3.63, 3.8) is 0 Å². The number of nitrogens with one attached hydrogen (secondary N) is 1. The molecule has 1 atom stereocenters. The van der Waals surface area contributed by atoms with E-state index in [1.165, 1.54) is 32.2 Å². The number of nitrogens with two attached hydrogens (primary N) is 1. The molecule has 0 spiro atoms. The van der Waals surface area contributed by atoms with Crippen LogP contribution in [0.5, 0.6) is 0 Å². The summed E-state index contributed by atoms with van der Waals surface area (Å²) in [5, 5.41) is 3.03. The monoisotopic (exact) mass is 500 g/mol. The van der Waals surface area contributed by atoms with Crippen LogP contribution < -0.4 is 11.1 Å². The van der Waals surface area contributed by atoms with E-state index in [0.29, 0.717) is 10.6 Å². The molecule has 0 bridgehead atoms. The summed E-state index contributed by atoms with van der Waals surface area (Å²) in [6.07, 6.45) is 1.35. The predicted octanol–water partition coefficient (Wildman–Crippen LogP) is 5.31. The van der Waals surface area contributed by atoms with E-state index in [0.717, 1.165) is 6.07 Å². The highest BCUT2D eigenvalue weighted by molar-refractivity contribution is 8.26. The number of anilines is 1. The first-order valence-electron chi connectivity index (χ1n) is 10.2. The van der Waals surface area contributed by atoms with Crippen LogP contribution in [0.15, 0.2) is 35.5 Å². The largest absolute Gasteiger partial charge is 0.386 e. The molecule has 2 heterocycles. The average Bonchev–Trinajstić information content (AvgIpc) is 2.73. The summed E-state index contributed by atoms with van der Waals surface area (Å²) >= 11 is 6.00. The highest BCUT2D eigenvalue weighted by Crippen LogP contribution is 2.59. The second-order valence-electron chi connectivity index (χ2n) is 8.88. The molecule has 0 aliphatic carbocycles. The minimum Gasteiger partial charge on any atom is -0.386 e. The minimum absolute atomic E-state index is 0.0383. The molecule has 5 N–H and O–H groups in total. The number of pyridine rings is 1. The lowest BCUT2D eigenvalue weighted by molar-refractivity contribution is 0.102. The number of carbonyl (C=O) groups is 1. The van der Waals surface area contributed by atoms with Gasteiger partial charge in [-0.15, -0.1) is 0 Å². The Hall–Kier alpha value is -2.27. The second-order valence-corrected chi connectivity index (χ2v) is 12.0. The van der Waals surface area contributed by atoms with E-state index in [9.17, 15) is 22.7 Å². The zero-order chi connectivity index (χ0) is 24.8. The highest BCUT2D eigenvalue weighted by Gasteiger charge is 2.51. The molecule has 0 unspecified atom stereocenters. The van der Waals surface area contributed by atoms with Crippen LogP contribution in [0.25, 0.3) is 0 Å². The number of alkyl halides is 1. The number of carbonyl (C=O) groups excluding carboxylic acids is 1. The molecule has 1 aliphatic rings. The molecular formula is C22H27ClF2N4O3S. The number of rotatable bonds is 5. The molecule has 7 nitrogen and oxygen atoms in total. The van der Waals surface area contributed by atoms with Crippen molar-refractivity contribution in [3.05, 3.63) is 58.1 Å². The van der Waals surface area contributed by atoms with E-state index in [2.05, 4.69) is 15.3 Å². The molecule has 1 aromatic carbocycles. The van der Waals surface area contributed by atoms with Crippen LogP contribution in [0.4, 0.5) is 14.5 Å². The first kappa shape index (κ1) is 25.4. The summed E-state index contributed by atoms with van der Waals surface area (Å²) in [6.45, 7) is 5.53. The van der Waals surface area contributed by atoms with Gasteiger partial charge in [-0.3, -0.25) is 18.9 Å². The van der Waals surface area contributed by atoms with Gasteiger partial charge in [-0.25, -0.2) is 13.8 Å². The third-order valence-corrected chi connectivity index (χ3v) is 8.81. The zero-order valence-electron chi connectivity index (χ0n) is 18.7. The Bertz CT molecular complexity index is 1130. The normalized spacial score (nSPS) is 22.5. The van der Waals surface area contributed by atoms with E-state index in [1.807, 2.05) is 13.8 Å². The Kier molecular flexibility index (Phi) is 6.78. The van der Waals surface area contributed by atoms with E-state index in [-0.39, 0.29) is 28.7 Å². The number of halogens is 3. The third kappa shape index (κ3) is 4.57. The van der Waals surface area contributed by atoms with Gasteiger partial charge >= 0.3 is 0 Å². The van der Waals surface area contributed by atoms with Crippen LogP contribution in [0.2, 0.25) is 5.02 Å². The molecule has 0 fully saturated rings. The third-order valence-electron chi connectivity index (χ3n) is 5.88. The van der Waals surface area contributed by atoms with Crippen molar-refractivity contribution in [2.45, 2.75) is 43.9 Å². The molecule has 1 aliphatic heterocycles. The van der Waals surface area contributed by atoms with E-state index in [4.69, 9.17) is 17.3 Å². The van der Waals surface area contributed by atoms with Gasteiger partial charge in [0.25, 0.3) is 5.91 Å². The van der Waals surface area contributed by atoms with Gasteiger partial charge in [-0.2, -0.15) is 10.6 Å². The lowest BCUT2D eigenvalue weighted by Crippen LogP contribution is -2.53. The Morgan fingerprint density at radius 1 is 1.33 bits per heavy atom. The van der Waals surface area contributed by atoms with Crippen LogP contribution in [0.1, 0.15) is 55.2 Å². The van der Waals surface area contributed by atoms with Crippen LogP contribution >= 0.6 is 22.2 Å². The quantitative estimate of drug-likeness (QED) is 0.443. The van der Waals surface area contributed by atoms with E-state index < -0.39 is 45.0 Å². The average molecular weight is 501 g/mol. The standard InChI is InChI=1S/C22H27ClF2N4O3S/c1-12(2)15-7-13(23)9-27-18(15)19(30)28-14-5-6-17(25)16(8-14)22(10-24)11-33(31,32)21(3,4)20(26)29-22/h5-9,12,31-32H,10-11H2,1-4H3,(H2,26,29)(H,28,30)/t22-/m0/s1. The van der Waals surface area contributed by atoms with E-state index in [1.54, 1.807) is 6.07 Å². The topological polar surface area (TPSA) is 121 Å². The fourth-order valence-electron chi connectivity index (χ4n) is 3.59. The van der Waals surface area contributed by atoms with Gasteiger partial charge in [0.1, 0.15) is 34.3 Å². The first-order chi connectivity index (χ1) is 15.2. The molecule has 0 radical (unpaired) electrons. The Labute approximate surface area is 197 Å². The minimum atomic E-state index is -3.47. The summed E-state index contributed by atoms with van der Waals surface area (Å²) in [5.41, 5.74) is 4.71. The molecule has 1 aromatic heterocycles. The SMILES string of the molecule is CC(C)c1cc(Cl)cnc1C(=O)Nc1ccc(F)c([C@]2(CF)CS(O)(O)C(C)(C)C(N)=N2)c1. The predicted molar refractivity (Wildman–Crippen MR) is 129 cm³/mol. The number of amidine groups is 1. The summed E-state index contributed by atoms with van der Waals surface area (Å²) in [4.78, 5) is 21.2. The molecule has 33 heavy (non-hydrogen) atoms. The number of amides is 1. The molecule has 1 amide bonds. The van der Waals surface area contributed by atoms with Gasteiger partial charge in [0.15, 0.2) is 0 Å². The fraction of sp³-hybridized carbons (Fsp3) is 0.409. The summed E-state index contributed by atoms with van der Waals surface area (Å²) in [5.74, 6) is -2.14. The lowest BCUT2D eigenvalue weighted by atomic mass is 9.91. The van der Waals surface area contributed by atoms with Crippen molar-refractivity contribution >= 4 is 39.6 Å². The molecule has 3 rings (SSSR count). The highest BCUT2D eigenvalue weighted by atomic mass is 35.5. The van der Waals surface area contributed by atoms with Crippen LogP contribution in [-0.4, -0.2) is 43.0 Å². The molecule has 0 saturated heterocycles. The maximum Gasteiger partial charge on any atom is 0.274 e. The first-order valence-corrected chi connectivity index (χ1v) is 12.3. The number of nitrogens with zero attached hydrogens (tertiary/aromatic N) is 2.